The van der Waals surface area contributed by atoms with E-state index in [1.54, 1.807) is 0 Å². The first-order valence-corrected chi connectivity index (χ1v) is 7.32. The van der Waals surface area contributed by atoms with Gasteiger partial charge in [0.2, 0.25) is 0 Å². The molecule has 0 aliphatic heterocycles. The normalized spacial score (nSPS) is 23.7. The van der Waals surface area contributed by atoms with Crippen LogP contribution in [0.25, 0.3) is 0 Å². The lowest BCUT2D eigenvalue weighted by molar-refractivity contribution is 0.352. The molecule has 1 aliphatic rings. The second-order valence-electron chi connectivity index (χ2n) is 5.47. The van der Waals surface area contributed by atoms with Gasteiger partial charge in [0.25, 0.3) is 0 Å². The molecule has 1 heterocycles. The summed E-state index contributed by atoms with van der Waals surface area (Å²) in [6.45, 7) is 8.41. The van der Waals surface area contributed by atoms with Crippen molar-refractivity contribution in [2.75, 3.05) is 6.54 Å². The molecule has 4 nitrogen and oxygen atoms in total. The van der Waals surface area contributed by atoms with Gasteiger partial charge in [-0.05, 0) is 52.0 Å². The molecule has 1 aromatic rings. The van der Waals surface area contributed by atoms with Crippen molar-refractivity contribution in [3.05, 3.63) is 11.6 Å². The van der Waals surface area contributed by atoms with Crippen LogP contribution in [0.1, 0.15) is 50.7 Å². The number of nitrogens with one attached hydrogen (secondary N) is 1. The zero-order valence-corrected chi connectivity index (χ0v) is 11.9. The van der Waals surface area contributed by atoms with E-state index >= 15 is 0 Å². The summed E-state index contributed by atoms with van der Waals surface area (Å²) in [5.41, 5.74) is 0. The van der Waals surface area contributed by atoms with Gasteiger partial charge in [-0.15, -0.1) is 0 Å². The third-order valence-corrected chi connectivity index (χ3v) is 3.99. The largest absolute Gasteiger partial charge is 0.314 e. The first-order chi connectivity index (χ1) is 8.70. The Hall–Kier alpha value is -0.900. The molecule has 18 heavy (non-hydrogen) atoms. The van der Waals surface area contributed by atoms with Gasteiger partial charge in [-0.25, -0.2) is 4.98 Å². The number of aromatic nitrogens is 3. The Balaban J connectivity index is 1.83. The van der Waals surface area contributed by atoms with Crippen LogP contribution < -0.4 is 5.32 Å². The lowest BCUT2D eigenvalue weighted by atomic mass is 9.99. The Morgan fingerprint density at radius 1 is 1.33 bits per heavy atom. The van der Waals surface area contributed by atoms with Gasteiger partial charge < -0.3 is 5.32 Å². The molecule has 1 fully saturated rings. The molecule has 2 unspecified atom stereocenters. The molecular weight excluding hydrogens is 224 g/mol. The Morgan fingerprint density at radius 2 is 2.17 bits per heavy atom. The average molecular weight is 250 g/mol. The molecule has 102 valence electrons. The average Bonchev–Trinajstić information content (AvgIpc) is 2.90. The van der Waals surface area contributed by atoms with E-state index in [0.29, 0.717) is 0 Å². The van der Waals surface area contributed by atoms with E-state index in [2.05, 4.69) is 27.0 Å². The summed E-state index contributed by atoms with van der Waals surface area (Å²) in [4.78, 5) is 4.36. The third kappa shape index (κ3) is 3.31. The van der Waals surface area contributed by atoms with Crippen molar-refractivity contribution in [2.45, 2.75) is 65.5 Å². The van der Waals surface area contributed by atoms with Crippen molar-refractivity contribution in [1.82, 2.24) is 20.1 Å². The predicted octanol–water partition coefficient (Wildman–Crippen LogP) is 2.45. The van der Waals surface area contributed by atoms with Gasteiger partial charge in [-0.2, -0.15) is 5.10 Å². The second kappa shape index (κ2) is 6.32. The van der Waals surface area contributed by atoms with E-state index in [1.165, 1.54) is 32.1 Å². The van der Waals surface area contributed by atoms with Crippen LogP contribution >= 0.6 is 0 Å². The highest BCUT2D eigenvalue weighted by atomic mass is 15.3. The standard InChI is InChI=1S/C14H26N4/c1-4-9-15-14-7-5-6-13(14)8-10-18-12(3)16-11(2)17-18/h13-15H,4-10H2,1-3H3. The van der Waals surface area contributed by atoms with Crippen molar-refractivity contribution in [3.63, 3.8) is 0 Å². The maximum Gasteiger partial charge on any atom is 0.147 e. The number of aryl methyl sites for hydroxylation is 3. The van der Waals surface area contributed by atoms with E-state index in [9.17, 15) is 0 Å². The maximum atomic E-state index is 4.44. The van der Waals surface area contributed by atoms with E-state index in [-0.39, 0.29) is 0 Å². The highest BCUT2D eigenvalue weighted by molar-refractivity contribution is 4.88. The summed E-state index contributed by atoms with van der Waals surface area (Å²) >= 11 is 0. The van der Waals surface area contributed by atoms with Crippen molar-refractivity contribution in [3.8, 4) is 0 Å². The molecule has 2 rings (SSSR count). The third-order valence-electron chi connectivity index (χ3n) is 3.99. The molecule has 2 atom stereocenters. The summed E-state index contributed by atoms with van der Waals surface area (Å²) in [5, 5.41) is 8.14. The molecule has 0 radical (unpaired) electrons. The molecule has 0 bridgehead atoms. The minimum atomic E-state index is 0.731. The van der Waals surface area contributed by atoms with E-state index in [4.69, 9.17) is 0 Å². The lowest BCUT2D eigenvalue weighted by Crippen LogP contribution is -2.33. The van der Waals surface area contributed by atoms with Crippen LogP contribution in [-0.2, 0) is 6.54 Å². The Morgan fingerprint density at radius 3 is 2.83 bits per heavy atom. The molecule has 1 N–H and O–H groups in total. The number of nitrogens with zero attached hydrogens (tertiary/aromatic N) is 3. The first kappa shape index (κ1) is 13.5. The Bertz CT molecular complexity index is 372. The minimum Gasteiger partial charge on any atom is -0.314 e. The zero-order valence-electron chi connectivity index (χ0n) is 11.9. The number of rotatable bonds is 6. The van der Waals surface area contributed by atoms with Crippen LogP contribution in [0, 0.1) is 19.8 Å². The summed E-state index contributed by atoms with van der Waals surface area (Å²) in [7, 11) is 0. The van der Waals surface area contributed by atoms with Crippen LogP contribution in [-0.4, -0.2) is 27.4 Å². The fraction of sp³-hybridized carbons (Fsp3) is 0.857. The molecule has 1 aliphatic carbocycles. The first-order valence-electron chi connectivity index (χ1n) is 7.32. The van der Waals surface area contributed by atoms with Crippen LogP contribution in [0.5, 0.6) is 0 Å². The smallest absolute Gasteiger partial charge is 0.147 e. The Kier molecular flexibility index (Phi) is 4.75. The summed E-state index contributed by atoms with van der Waals surface area (Å²) in [6.07, 6.45) is 6.55. The van der Waals surface area contributed by atoms with Gasteiger partial charge >= 0.3 is 0 Å². The van der Waals surface area contributed by atoms with Gasteiger partial charge in [0, 0.05) is 12.6 Å². The molecule has 4 heteroatoms. The van der Waals surface area contributed by atoms with Crippen LogP contribution in [0.2, 0.25) is 0 Å². The summed E-state index contributed by atoms with van der Waals surface area (Å²) in [5.74, 6) is 2.75. The lowest BCUT2D eigenvalue weighted by Gasteiger charge is -2.20. The SMILES string of the molecule is CCCNC1CCCC1CCn1nc(C)nc1C. The second-order valence-corrected chi connectivity index (χ2v) is 5.47. The van der Waals surface area contributed by atoms with Gasteiger partial charge in [0.1, 0.15) is 11.6 Å². The molecule has 0 amide bonds. The van der Waals surface area contributed by atoms with E-state index in [1.807, 2.05) is 13.8 Å². The molecule has 1 saturated carbocycles. The van der Waals surface area contributed by atoms with E-state index < -0.39 is 0 Å². The predicted molar refractivity (Wildman–Crippen MR) is 73.5 cm³/mol. The molecule has 0 aromatic carbocycles. The molecule has 0 spiro atoms. The van der Waals surface area contributed by atoms with Gasteiger partial charge in [0.15, 0.2) is 0 Å². The summed E-state index contributed by atoms with van der Waals surface area (Å²) in [6, 6.07) is 0.731. The van der Waals surface area contributed by atoms with Gasteiger partial charge in [0.05, 0.1) is 0 Å². The molecular formula is C14H26N4. The van der Waals surface area contributed by atoms with Crippen LogP contribution in [0.3, 0.4) is 0 Å². The minimum absolute atomic E-state index is 0.731. The number of hydrogen-bond acceptors (Lipinski definition) is 3. The highest BCUT2D eigenvalue weighted by Crippen LogP contribution is 2.28. The van der Waals surface area contributed by atoms with Crippen molar-refractivity contribution in [1.29, 1.82) is 0 Å². The summed E-state index contributed by atoms with van der Waals surface area (Å²) < 4.78 is 2.06. The van der Waals surface area contributed by atoms with Crippen molar-refractivity contribution in [2.24, 2.45) is 5.92 Å². The number of hydrogen-bond donors (Lipinski definition) is 1. The van der Waals surface area contributed by atoms with Crippen LogP contribution in [0.4, 0.5) is 0 Å². The van der Waals surface area contributed by atoms with Gasteiger partial charge in [-0.1, -0.05) is 13.3 Å². The molecule has 1 aromatic heterocycles. The van der Waals surface area contributed by atoms with Gasteiger partial charge in [-0.3, -0.25) is 4.68 Å². The topological polar surface area (TPSA) is 42.7 Å². The maximum absolute atomic E-state index is 4.44. The monoisotopic (exact) mass is 250 g/mol. The van der Waals surface area contributed by atoms with Crippen molar-refractivity contribution < 1.29 is 0 Å². The highest BCUT2D eigenvalue weighted by Gasteiger charge is 2.26. The fourth-order valence-corrected chi connectivity index (χ4v) is 3.04. The zero-order chi connectivity index (χ0) is 13.0. The quantitative estimate of drug-likeness (QED) is 0.843. The van der Waals surface area contributed by atoms with Crippen molar-refractivity contribution >= 4 is 0 Å². The molecule has 0 saturated heterocycles. The Labute approximate surface area is 110 Å². The van der Waals surface area contributed by atoms with Crippen LogP contribution in [0.15, 0.2) is 0 Å². The van der Waals surface area contributed by atoms with E-state index in [0.717, 1.165) is 36.7 Å². The fourth-order valence-electron chi connectivity index (χ4n) is 3.04.